The smallest absolute Gasteiger partial charge is 0.146 e. The molecule has 1 aromatic carbocycles. The Kier molecular flexibility index (Phi) is 4.00. The molecule has 0 heterocycles. The average Bonchev–Trinajstić information content (AvgIpc) is 3.15. The molecule has 0 radical (unpaired) electrons. The van der Waals surface area contributed by atoms with Gasteiger partial charge in [-0.25, -0.2) is 4.39 Å². The summed E-state index contributed by atoms with van der Waals surface area (Å²) in [5, 5.41) is 0. The number of halogens is 1. The van der Waals surface area contributed by atoms with E-state index in [4.69, 9.17) is 5.73 Å². The highest BCUT2D eigenvalue weighted by molar-refractivity contribution is 5.47. The van der Waals surface area contributed by atoms with Crippen LogP contribution >= 0.6 is 0 Å². The Morgan fingerprint density at radius 1 is 1.41 bits per heavy atom. The summed E-state index contributed by atoms with van der Waals surface area (Å²) in [6, 6.07) is 7.24. The summed E-state index contributed by atoms with van der Waals surface area (Å²) in [4.78, 5) is 2.07. The van der Waals surface area contributed by atoms with E-state index in [2.05, 4.69) is 11.8 Å². The molecule has 0 bridgehead atoms. The maximum absolute atomic E-state index is 13.6. The van der Waals surface area contributed by atoms with Crippen molar-refractivity contribution < 1.29 is 4.39 Å². The lowest BCUT2D eigenvalue weighted by molar-refractivity contribution is 0.539. The van der Waals surface area contributed by atoms with E-state index in [0.717, 1.165) is 19.5 Å². The van der Waals surface area contributed by atoms with Crippen molar-refractivity contribution in [1.82, 2.24) is 0 Å². The van der Waals surface area contributed by atoms with Gasteiger partial charge in [0.25, 0.3) is 0 Å². The molecule has 1 atom stereocenters. The van der Waals surface area contributed by atoms with Gasteiger partial charge in [0.1, 0.15) is 5.82 Å². The van der Waals surface area contributed by atoms with E-state index in [1.165, 1.54) is 18.9 Å². The molecule has 3 heteroatoms. The molecule has 1 aliphatic carbocycles. The molecule has 2 nitrogen and oxygen atoms in total. The third-order valence-corrected chi connectivity index (χ3v) is 3.53. The van der Waals surface area contributed by atoms with Gasteiger partial charge in [0, 0.05) is 19.1 Å². The van der Waals surface area contributed by atoms with Gasteiger partial charge in [0.05, 0.1) is 5.69 Å². The molecule has 0 saturated heterocycles. The van der Waals surface area contributed by atoms with Crippen molar-refractivity contribution >= 4 is 5.69 Å². The Bertz CT molecular complexity index is 363. The second kappa shape index (κ2) is 5.50. The fraction of sp³-hybridized carbons (Fsp3) is 0.571. The van der Waals surface area contributed by atoms with E-state index in [0.29, 0.717) is 11.6 Å². The van der Waals surface area contributed by atoms with Gasteiger partial charge in [0.2, 0.25) is 0 Å². The zero-order chi connectivity index (χ0) is 12.3. The monoisotopic (exact) mass is 236 g/mol. The maximum atomic E-state index is 13.6. The van der Waals surface area contributed by atoms with Crippen LogP contribution in [0.15, 0.2) is 24.3 Å². The molecule has 1 saturated carbocycles. The van der Waals surface area contributed by atoms with E-state index in [1.807, 2.05) is 12.1 Å². The largest absolute Gasteiger partial charge is 0.369 e. The Hall–Kier alpha value is -1.09. The number of para-hydroxylation sites is 1. The molecule has 1 aliphatic rings. The molecule has 0 amide bonds. The SMILES string of the molecule is CCN(CCC(N)C1CC1)c1ccccc1F. The maximum Gasteiger partial charge on any atom is 0.146 e. The van der Waals surface area contributed by atoms with Crippen LogP contribution in [0, 0.1) is 11.7 Å². The minimum Gasteiger partial charge on any atom is -0.369 e. The van der Waals surface area contributed by atoms with Crippen LogP contribution in [0.2, 0.25) is 0 Å². The lowest BCUT2D eigenvalue weighted by atomic mass is 10.1. The minimum atomic E-state index is -0.144. The van der Waals surface area contributed by atoms with Gasteiger partial charge in [-0.15, -0.1) is 0 Å². The molecular weight excluding hydrogens is 215 g/mol. The lowest BCUT2D eigenvalue weighted by Gasteiger charge is -2.25. The number of anilines is 1. The highest BCUT2D eigenvalue weighted by Crippen LogP contribution is 2.33. The molecule has 0 spiro atoms. The average molecular weight is 236 g/mol. The second-order valence-corrected chi connectivity index (χ2v) is 4.82. The molecule has 1 fully saturated rings. The Labute approximate surface area is 103 Å². The zero-order valence-corrected chi connectivity index (χ0v) is 10.4. The van der Waals surface area contributed by atoms with Gasteiger partial charge < -0.3 is 10.6 Å². The van der Waals surface area contributed by atoms with Gasteiger partial charge in [-0.3, -0.25) is 0 Å². The minimum absolute atomic E-state index is 0.144. The van der Waals surface area contributed by atoms with Gasteiger partial charge in [-0.05, 0) is 44.2 Å². The van der Waals surface area contributed by atoms with E-state index < -0.39 is 0 Å². The predicted octanol–water partition coefficient (Wildman–Crippen LogP) is 2.78. The number of hydrogen-bond acceptors (Lipinski definition) is 2. The highest BCUT2D eigenvalue weighted by atomic mass is 19.1. The molecule has 17 heavy (non-hydrogen) atoms. The van der Waals surface area contributed by atoms with Crippen LogP contribution in [0.4, 0.5) is 10.1 Å². The number of rotatable bonds is 6. The molecule has 1 unspecified atom stereocenters. The standard InChI is InChI=1S/C14H21FN2/c1-2-17(10-9-13(16)11-7-8-11)14-6-4-3-5-12(14)15/h3-6,11,13H,2,7-10,16H2,1H3. The molecule has 94 valence electrons. The quantitative estimate of drug-likeness (QED) is 0.823. The predicted molar refractivity (Wildman–Crippen MR) is 69.6 cm³/mol. The number of benzene rings is 1. The van der Waals surface area contributed by atoms with Crippen LogP contribution in [0.25, 0.3) is 0 Å². The van der Waals surface area contributed by atoms with Crippen molar-refractivity contribution in [3.05, 3.63) is 30.1 Å². The van der Waals surface area contributed by atoms with Crippen LogP contribution in [0.1, 0.15) is 26.2 Å². The van der Waals surface area contributed by atoms with Gasteiger partial charge in [0.15, 0.2) is 0 Å². The molecule has 1 aromatic rings. The zero-order valence-electron chi connectivity index (χ0n) is 10.4. The molecule has 0 aromatic heterocycles. The number of hydrogen-bond donors (Lipinski definition) is 1. The van der Waals surface area contributed by atoms with Crippen LogP contribution in [0.3, 0.4) is 0 Å². The normalized spacial score (nSPS) is 16.9. The molecule has 2 N–H and O–H groups in total. The number of nitrogens with two attached hydrogens (primary N) is 1. The van der Waals surface area contributed by atoms with Crippen molar-refractivity contribution in [2.24, 2.45) is 11.7 Å². The summed E-state index contributed by atoms with van der Waals surface area (Å²) in [5.74, 6) is 0.573. The molecular formula is C14H21FN2. The second-order valence-electron chi connectivity index (χ2n) is 4.82. The van der Waals surface area contributed by atoms with E-state index in [-0.39, 0.29) is 11.9 Å². The van der Waals surface area contributed by atoms with E-state index >= 15 is 0 Å². The summed E-state index contributed by atoms with van der Waals surface area (Å²) in [7, 11) is 0. The van der Waals surface area contributed by atoms with Gasteiger partial charge in [-0.2, -0.15) is 0 Å². The fourth-order valence-corrected chi connectivity index (χ4v) is 2.22. The Morgan fingerprint density at radius 3 is 2.71 bits per heavy atom. The van der Waals surface area contributed by atoms with Crippen molar-refractivity contribution in [1.29, 1.82) is 0 Å². The summed E-state index contributed by atoms with van der Waals surface area (Å²) >= 11 is 0. The van der Waals surface area contributed by atoms with E-state index in [1.54, 1.807) is 6.07 Å². The molecule has 0 aliphatic heterocycles. The van der Waals surface area contributed by atoms with Gasteiger partial charge >= 0.3 is 0 Å². The van der Waals surface area contributed by atoms with Crippen LogP contribution in [0.5, 0.6) is 0 Å². The van der Waals surface area contributed by atoms with Crippen molar-refractivity contribution in [3.8, 4) is 0 Å². The highest BCUT2D eigenvalue weighted by Gasteiger charge is 2.28. The van der Waals surface area contributed by atoms with Crippen molar-refractivity contribution in [2.45, 2.75) is 32.2 Å². The fourth-order valence-electron chi connectivity index (χ4n) is 2.22. The van der Waals surface area contributed by atoms with Gasteiger partial charge in [-0.1, -0.05) is 12.1 Å². The van der Waals surface area contributed by atoms with Crippen molar-refractivity contribution in [2.75, 3.05) is 18.0 Å². The first kappa shape index (κ1) is 12.4. The lowest BCUT2D eigenvalue weighted by Crippen LogP contribution is -2.32. The first-order valence-corrected chi connectivity index (χ1v) is 6.47. The first-order chi connectivity index (χ1) is 8.22. The van der Waals surface area contributed by atoms with Crippen LogP contribution < -0.4 is 10.6 Å². The summed E-state index contributed by atoms with van der Waals surface area (Å²) in [6.45, 7) is 3.71. The third kappa shape index (κ3) is 3.19. The topological polar surface area (TPSA) is 29.3 Å². The summed E-state index contributed by atoms with van der Waals surface area (Å²) in [5.41, 5.74) is 6.77. The third-order valence-electron chi connectivity index (χ3n) is 3.53. The number of nitrogens with zero attached hydrogens (tertiary/aromatic N) is 1. The summed E-state index contributed by atoms with van der Waals surface area (Å²) in [6.07, 6.45) is 3.49. The Morgan fingerprint density at radius 2 is 2.12 bits per heavy atom. The Balaban J connectivity index is 1.93. The van der Waals surface area contributed by atoms with Crippen LogP contribution in [-0.2, 0) is 0 Å². The van der Waals surface area contributed by atoms with Crippen LogP contribution in [-0.4, -0.2) is 19.1 Å². The summed E-state index contributed by atoms with van der Waals surface area (Å²) < 4.78 is 13.6. The van der Waals surface area contributed by atoms with E-state index in [9.17, 15) is 4.39 Å². The van der Waals surface area contributed by atoms with Crippen molar-refractivity contribution in [3.63, 3.8) is 0 Å². The molecule has 2 rings (SSSR count). The first-order valence-electron chi connectivity index (χ1n) is 6.47.